The van der Waals surface area contributed by atoms with Gasteiger partial charge >= 0.3 is 0 Å². The molecule has 0 aliphatic rings. The normalized spacial score (nSPS) is 11.5. The Kier molecular flexibility index (Phi) is 5.16. The van der Waals surface area contributed by atoms with E-state index in [1.54, 1.807) is 12.1 Å². The number of carbonyl (C=O) groups excluding carboxylic acids is 1. The van der Waals surface area contributed by atoms with Crippen LogP contribution in [0.3, 0.4) is 0 Å². The third kappa shape index (κ3) is 3.69. The first-order chi connectivity index (χ1) is 14.9. The fraction of sp³-hybridized carbons (Fsp3) is 0.0870. The summed E-state index contributed by atoms with van der Waals surface area (Å²) in [7, 11) is 0. The van der Waals surface area contributed by atoms with Gasteiger partial charge in [0.1, 0.15) is 10.4 Å². The molecule has 0 aliphatic heterocycles. The van der Waals surface area contributed by atoms with Crippen LogP contribution in [0.2, 0.25) is 0 Å². The predicted molar refractivity (Wildman–Crippen MR) is 130 cm³/mol. The Morgan fingerprint density at radius 2 is 1.84 bits per heavy atom. The molecule has 5 aromatic rings. The molecule has 5 rings (SSSR count). The summed E-state index contributed by atoms with van der Waals surface area (Å²) in [5.74, 6) is -0.0672. The monoisotopic (exact) mass is 556 g/mol. The second kappa shape index (κ2) is 7.85. The molecule has 2 aromatic carbocycles. The Hall–Kier alpha value is -2.55. The van der Waals surface area contributed by atoms with Gasteiger partial charge in [0.25, 0.3) is 5.56 Å². The van der Waals surface area contributed by atoms with E-state index in [0.717, 1.165) is 30.3 Å². The number of ketones is 1. The van der Waals surface area contributed by atoms with Gasteiger partial charge in [-0.25, -0.2) is 4.98 Å². The predicted octanol–water partition coefficient (Wildman–Crippen LogP) is 6.59. The first-order valence-corrected chi connectivity index (χ1v) is 11.8. The van der Waals surface area contributed by atoms with Gasteiger partial charge in [0, 0.05) is 24.8 Å². The van der Waals surface area contributed by atoms with E-state index in [1.165, 1.54) is 22.2 Å². The average Bonchev–Trinajstić information content (AvgIpc) is 3.31. The van der Waals surface area contributed by atoms with Crippen molar-refractivity contribution in [1.29, 1.82) is 0 Å². The van der Waals surface area contributed by atoms with Gasteiger partial charge in [0.05, 0.1) is 18.3 Å². The Labute approximate surface area is 197 Å². The van der Waals surface area contributed by atoms with Gasteiger partial charge in [-0.3, -0.25) is 14.2 Å². The molecule has 0 fully saturated rings. The quantitative estimate of drug-likeness (QED) is 0.234. The fourth-order valence-electron chi connectivity index (χ4n) is 3.60. The van der Waals surface area contributed by atoms with Crippen molar-refractivity contribution < 1.29 is 9.21 Å². The lowest BCUT2D eigenvalue weighted by Gasteiger charge is -2.05. The maximum Gasteiger partial charge on any atom is 0.263 e. The summed E-state index contributed by atoms with van der Waals surface area (Å²) >= 11 is 8.34. The molecule has 0 bridgehead atoms. The van der Waals surface area contributed by atoms with Crippen LogP contribution in [0, 0.1) is 6.92 Å². The number of benzene rings is 2. The lowest BCUT2D eigenvalue weighted by Crippen LogP contribution is -2.24. The molecule has 0 amide bonds. The topological polar surface area (TPSA) is 65.1 Å². The SMILES string of the molecule is Cc1sc2ncn(CC(=O)c3cc4cc(Br)ccc4o3)c(=O)c2c1-c1ccc(Br)cc1. The number of halogens is 2. The highest BCUT2D eigenvalue weighted by Gasteiger charge is 2.19. The van der Waals surface area contributed by atoms with Gasteiger partial charge in [-0.2, -0.15) is 0 Å². The lowest BCUT2D eigenvalue weighted by atomic mass is 10.0. The lowest BCUT2D eigenvalue weighted by molar-refractivity contribution is 0.0945. The highest BCUT2D eigenvalue weighted by Crippen LogP contribution is 2.36. The summed E-state index contributed by atoms with van der Waals surface area (Å²) in [6.45, 7) is 1.84. The molecule has 154 valence electrons. The molecule has 0 atom stereocenters. The number of fused-ring (bicyclic) bond motifs is 2. The van der Waals surface area contributed by atoms with Crippen LogP contribution in [0.25, 0.3) is 32.3 Å². The fourth-order valence-corrected chi connectivity index (χ4v) is 5.24. The van der Waals surface area contributed by atoms with Crippen molar-refractivity contribution in [2.45, 2.75) is 13.5 Å². The van der Waals surface area contributed by atoms with Gasteiger partial charge in [-0.1, -0.05) is 44.0 Å². The molecule has 0 saturated heterocycles. The van der Waals surface area contributed by atoms with Crippen LogP contribution < -0.4 is 5.56 Å². The molecule has 31 heavy (non-hydrogen) atoms. The van der Waals surface area contributed by atoms with E-state index in [9.17, 15) is 9.59 Å². The van der Waals surface area contributed by atoms with E-state index in [4.69, 9.17) is 4.42 Å². The van der Waals surface area contributed by atoms with E-state index in [2.05, 4.69) is 36.8 Å². The molecule has 0 aliphatic carbocycles. The number of Topliss-reactive ketones (excluding diaryl/α,β-unsaturated/α-hetero) is 1. The van der Waals surface area contributed by atoms with Crippen LogP contribution in [-0.2, 0) is 6.54 Å². The summed E-state index contributed by atoms with van der Waals surface area (Å²) in [5.41, 5.74) is 2.19. The number of rotatable bonds is 4. The third-order valence-corrected chi connectivity index (χ3v) is 7.09. The number of carbonyl (C=O) groups is 1. The molecule has 0 radical (unpaired) electrons. The van der Waals surface area contributed by atoms with Crippen molar-refractivity contribution in [3.63, 3.8) is 0 Å². The van der Waals surface area contributed by atoms with Crippen LogP contribution in [0.5, 0.6) is 0 Å². The summed E-state index contributed by atoms with van der Waals surface area (Å²) in [4.78, 5) is 32.3. The van der Waals surface area contributed by atoms with E-state index in [0.29, 0.717) is 15.8 Å². The first-order valence-electron chi connectivity index (χ1n) is 9.37. The number of hydrogen-bond donors (Lipinski definition) is 0. The zero-order valence-corrected chi connectivity index (χ0v) is 20.2. The van der Waals surface area contributed by atoms with Crippen molar-refractivity contribution in [2.24, 2.45) is 0 Å². The summed E-state index contributed by atoms with van der Waals surface area (Å²) < 4.78 is 8.90. The van der Waals surface area contributed by atoms with E-state index in [1.807, 2.05) is 43.3 Å². The largest absolute Gasteiger partial charge is 0.453 e. The zero-order valence-electron chi connectivity index (χ0n) is 16.2. The van der Waals surface area contributed by atoms with Crippen molar-refractivity contribution in [1.82, 2.24) is 9.55 Å². The van der Waals surface area contributed by atoms with Crippen LogP contribution in [0.1, 0.15) is 15.4 Å². The minimum atomic E-state index is -0.285. The second-order valence-electron chi connectivity index (χ2n) is 7.11. The van der Waals surface area contributed by atoms with Gasteiger partial charge in [0.2, 0.25) is 5.78 Å². The summed E-state index contributed by atoms with van der Waals surface area (Å²) in [6, 6.07) is 15.0. The smallest absolute Gasteiger partial charge is 0.263 e. The Morgan fingerprint density at radius 3 is 2.61 bits per heavy atom. The van der Waals surface area contributed by atoms with E-state index in [-0.39, 0.29) is 23.6 Å². The first kappa shape index (κ1) is 20.4. The Balaban J connectivity index is 1.56. The molecule has 8 heteroatoms. The van der Waals surface area contributed by atoms with Crippen molar-refractivity contribution in [2.75, 3.05) is 0 Å². The molecular weight excluding hydrogens is 544 g/mol. The molecule has 3 heterocycles. The minimum absolute atomic E-state index is 0.141. The summed E-state index contributed by atoms with van der Waals surface area (Å²) in [5, 5.41) is 1.36. The highest BCUT2D eigenvalue weighted by atomic mass is 79.9. The number of aromatic nitrogens is 2. The molecular formula is C23H14Br2N2O3S. The zero-order chi connectivity index (χ0) is 21.7. The summed E-state index contributed by atoms with van der Waals surface area (Å²) in [6.07, 6.45) is 1.43. The number of aryl methyl sites for hydroxylation is 1. The average molecular weight is 558 g/mol. The number of hydrogen-bond acceptors (Lipinski definition) is 5. The van der Waals surface area contributed by atoms with E-state index >= 15 is 0 Å². The maximum absolute atomic E-state index is 13.3. The maximum atomic E-state index is 13.3. The molecule has 0 unspecified atom stereocenters. The van der Waals surface area contributed by atoms with E-state index < -0.39 is 0 Å². The van der Waals surface area contributed by atoms with Crippen molar-refractivity contribution in [3.05, 3.63) is 84.8 Å². The number of furan rings is 1. The standard InChI is InChI=1S/C23H14Br2N2O3S/c1-12-20(13-2-4-15(24)5-3-13)21-22(31-12)26-11-27(23(21)29)10-17(28)19-9-14-8-16(25)6-7-18(14)30-19/h2-9,11H,10H2,1H3. The van der Waals surface area contributed by atoms with Gasteiger partial charge in [-0.15, -0.1) is 11.3 Å². The second-order valence-corrected chi connectivity index (χ2v) is 10.1. The molecule has 0 saturated carbocycles. The Morgan fingerprint density at radius 1 is 1.10 bits per heavy atom. The molecule has 0 spiro atoms. The Bertz CT molecular complexity index is 1530. The minimum Gasteiger partial charge on any atom is -0.453 e. The van der Waals surface area contributed by atoms with Gasteiger partial charge in [-0.05, 0) is 48.9 Å². The van der Waals surface area contributed by atoms with Crippen molar-refractivity contribution in [3.8, 4) is 11.1 Å². The number of thiophene rings is 1. The van der Waals surface area contributed by atoms with Crippen LogP contribution in [-0.4, -0.2) is 15.3 Å². The van der Waals surface area contributed by atoms with Crippen LogP contribution in [0.4, 0.5) is 0 Å². The highest BCUT2D eigenvalue weighted by molar-refractivity contribution is 9.10. The van der Waals surface area contributed by atoms with Crippen LogP contribution >= 0.6 is 43.2 Å². The molecule has 5 nitrogen and oxygen atoms in total. The van der Waals surface area contributed by atoms with Crippen LogP contribution in [0.15, 0.2) is 73.0 Å². The molecule has 0 N–H and O–H groups in total. The third-order valence-electron chi connectivity index (χ3n) is 5.05. The van der Waals surface area contributed by atoms with Gasteiger partial charge < -0.3 is 4.42 Å². The number of nitrogens with zero attached hydrogens (tertiary/aromatic N) is 2. The van der Waals surface area contributed by atoms with Crippen molar-refractivity contribution >= 4 is 70.2 Å². The van der Waals surface area contributed by atoms with Gasteiger partial charge in [0.15, 0.2) is 5.76 Å². The molecule has 3 aromatic heterocycles.